The summed E-state index contributed by atoms with van der Waals surface area (Å²) < 4.78 is 5.55. The van der Waals surface area contributed by atoms with Gasteiger partial charge >= 0.3 is 0 Å². The smallest absolute Gasteiger partial charge is 0.119 e. The molecule has 1 unspecified atom stereocenters. The minimum absolute atomic E-state index is 0.260. The Kier molecular flexibility index (Phi) is 5.66. The zero-order valence-electron chi connectivity index (χ0n) is 12.4. The highest BCUT2D eigenvalue weighted by Crippen LogP contribution is 2.12. The van der Waals surface area contributed by atoms with Crippen LogP contribution in [0.4, 0.5) is 0 Å². The summed E-state index contributed by atoms with van der Waals surface area (Å²) in [7, 11) is 0. The summed E-state index contributed by atoms with van der Waals surface area (Å²) in [4.78, 5) is 8.41. The van der Waals surface area contributed by atoms with E-state index < -0.39 is 6.10 Å². The van der Waals surface area contributed by atoms with Gasteiger partial charge in [0.15, 0.2) is 0 Å². The topological polar surface area (TPSA) is 67.3 Å². The van der Waals surface area contributed by atoms with Crippen molar-refractivity contribution in [3.8, 4) is 5.75 Å². The van der Waals surface area contributed by atoms with Gasteiger partial charge in [-0.15, -0.1) is 0 Å². The Morgan fingerprint density at radius 1 is 1.24 bits per heavy atom. The van der Waals surface area contributed by atoms with Gasteiger partial charge in [-0.05, 0) is 31.5 Å². The van der Waals surface area contributed by atoms with E-state index in [0.717, 1.165) is 22.7 Å². The molecule has 0 aliphatic heterocycles. The number of aliphatic hydroxyl groups is 1. The SMILES string of the molecule is Cc1cccc(OCC(O)CNCc2cnc(C)cn2)c1. The normalized spacial score (nSPS) is 12.1. The Hall–Kier alpha value is -1.98. The van der Waals surface area contributed by atoms with Crippen LogP contribution >= 0.6 is 0 Å². The molecule has 0 saturated carbocycles. The predicted octanol–water partition coefficient (Wildman–Crippen LogP) is 1.62. The van der Waals surface area contributed by atoms with Gasteiger partial charge in [-0.25, -0.2) is 0 Å². The lowest BCUT2D eigenvalue weighted by molar-refractivity contribution is 0.106. The molecular formula is C16H21N3O2. The molecule has 2 N–H and O–H groups in total. The van der Waals surface area contributed by atoms with Crippen molar-refractivity contribution >= 4 is 0 Å². The molecule has 0 bridgehead atoms. The average molecular weight is 287 g/mol. The van der Waals surface area contributed by atoms with Gasteiger partial charge in [0.2, 0.25) is 0 Å². The zero-order valence-corrected chi connectivity index (χ0v) is 12.4. The molecule has 5 nitrogen and oxygen atoms in total. The number of aryl methyl sites for hydroxylation is 2. The van der Waals surface area contributed by atoms with Gasteiger partial charge in [-0.3, -0.25) is 9.97 Å². The Bertz CT molecular complexity index is 558. The quantitative estimate of drug-likeness (QED) is 0.810. The van der Waals surface area contributed by atoms with E-state index in [-0.39, 0.29) is 6.61 Å². The summed E-state index contributed by atoms with van der Waals surface area (Å²) in [6.07, 6.45) is 2.90. The summed E-state index contributed by atoms with van der Waals surface area (Å²) in [5.74, 6) is 0.776. The van der Waals surface area contributed by atoms with E-state index in [1.165, 1.54) is 0 Å². The van der Waals surface area contributed by atoms with Crippen LogP contribution in [0, 0.1) is 13.8 Å². The van der Waals surface area contributed by atoms with Gasteiger partial charge in [-0.2, -0.15) is 0 Å². The van der Waals surface area contributed by atoms with Gasteiger partial charge in [-0.1, -0.05) is 12.1 Å². The van der Waals surface area contributed by atoms with Gasteiger partial charge in [0, 0.05) is 25.5 Å². The number of hydrogen-bond donors (Lipinski definition) is 2. The maximum Gasteiger partial charge on any atom is 0.119 e. The molecule has 0 spiro atoms. The minimum Gasteiger partial charge on any atom is -0.491 e. The largest absolute Gasteiger partial charge is 0.491 e. The summed E-state index contributed by atoms with van der Waals surface area (Å²) >= 11 is 0. The molecule has 5 heteroatoms. The van der Waals surface area contributed by atoms with Gasteiger partial charge in [0.05, 0.1) is 11.4 Å². The molecule has 2 aromatic rings. The first-order chi connectivity index (χ1) is 10.1. The fraction of sp³-hybridized carbons (Fsp3) is 0.375. The van der Waals surface area contributed by atoms with E-state index in [4.69, 9.17) is 4.74 Å². The van der Waals surface area contributed by atoms with E-state index in [1.807, 2.05) is 38.1 Å². The van der Waals surface area contributed by atoms with Gasteiger partial charge in [0.1, 0.15) is 18.5 Å². The van der Waals surface area contributed by atoms with Crippen molar-refractivity contribution < 1.29 is 9.84 Å². The second-order valence-corrected chi connectivity index (χ2v) is 5.06. The number of aliphatic hydroxyl groups excluding tert-OH is 1. The first kappa shape index (κ1) is 15.4. The van der Waals surface area contributed by atoms with Gasteiger partial charge < -0.3 is 15.2 Å². The third-order valence-electron chi connectivity index (χ3n) is 2.95. The third kappa shape index (κ3) is 5.49. The van der Waals surface area contributed by atoms with Crippen molar-refractivity contribution in [1.82, 2.24) is 15.3 Å². The monoisotopic (exact) mass is 287 g/mol. The molecule has 0 saturated heterocycles. The van der Waals surface area contributed by atoms with Crippen LogP contribution in [0.3, 0.4) is 0 Å². The lowest BCUT2D eigenvalue weighted by Crippen LogP contribution is -2.31. The number of benzene rings is 1. The number of nitrogens with zero attached hydrogens (tertiary/aromatic N) is 2. The zero-order chi connectivity index (χ0) is 15.1. The molecule has 112 valence electrons. The maximum absolute atomic E-state index is 9.88. The van der Waals surface area contributed by atoms with Crippen molar-refractivity contribution in [3.63, 3.8) is 0 Å². The highest BCUT2D eigenvalue weighted by molar-refractivity contribution is 5.27. The van der Waals surface area contributed by atoms with E-state index >= 15 is 0 Å². The molecule has 0 radical (unpaired) electrons. The number of hydrogen-bond acceptors (Lipinski definition) is 5. The van der Waals surface area contributed by atoms with Crippen LogP contribution in [0.5, 0.6) is 5.75 Å². The van der Waals surface area contributed by atoms with Crippen LogP contribution in [-0.4, -0.2) is 34.3 Å². The molecule has 1 atom stereocenters. The molecule has 0 aliphatic carbocycles. The fourth-order valence-electron chi connectivity index (χ4n) is 1.83. The number of aromatic nitrogens is 2. The van der Waals surface area contributed by atoms with Gasteiger partial charge in [0.25, 0.3) is 0 Å². The van der Waals surface area contributed by atoms with Crippen molar-refractivity contribution in [3.05, 3.63) is 53.6 Å². The number of ether oxygens (including phenoxy) is 1. The second kappa shape index (κ2) is 7.71. The Morgan fingerprint density at radius 3 is 2.81 bits per heavy atom. The molecule has 2 rings (SSSR count). The summed E-state index contributed by atoms with van der Waals surface area (Å²) in [5, 5.41) is 13.0. The summed E-state index contributed by atoms with van der Waals surface area (Å²) in [6, 6.07) is 7.77. The average Bonchev–Trinajstić information content (AvgIpc) is 2.47. The molecule has 0 aliphatic rings. The van der Waals surface area contributed by atoms with Crippen LogP contribution in [0.2, 0.25) is 0 Å². The number of nitrogens with one attached hydrogen (secondary N) is 1. The fourth-order valence-corrected chi connectivity index (χ4v) is 1.83. The lowest BCUT2D eigenvalue weighted by atomic mass is 10.2. The van der Waals surface area contributed by atoms with Crippen molar-refractivity contribution in [1.29, 1.82) is 0 Å². The Balaban J connectivity index is 1.67. The third-order valence-corrected chi connectivity index (χ3v) is 2.95. The molecule has 1 aromatic heterocycles. The number of rotatable bonds is 7. The minimum atomic E-state index is -0.566. The maximum atomic E-state index is 9.88. The van der Waals surface area contributed by atoms with Crippen LogP contribution in [0.25, 0.3) is 0 Å². The molecule has 0 fully saturated rings. The first-order valence-electron chi connectivity index (χ1n) is 6.99. The molecule has 21 heavy (non-hydrogen) atoms. The molecular weight excluding hydrogens is 266 g/mol. The summed E-state index contributed by atoms with van der Waals surface area (Å²) in [5.41, 5.74) is 2.89. The Labute approximate surface area is 125 Å². The van der Waals surface area contributed by atoms with E-state index in [0.29, 0.717) is 13.1 Å². The molecule has 0 amide bonds. The van der Waals surface area contributed by atoms with Crippen molar-refractivity contribution in [2.45, 2.75) is 26.5 Å². The lowest BCUT2D eigenvalue weighted by Gasteiger charge is -2.13. The first-order valence-corrected chi connectivity index (χ1v) is 6.99. The second-order valence-electron chi connectivity index (χ2n) is 5.06. The highest BCUT2D eigenvalue weighted by Gasteiger charge is 2.05. The highest BCUT2D eigenvalue weighted by atomic mass is 16.5. The van der Waals surface area contributed by atoms with Crippen LogP contribution < -0.4 is 10.1 Å². The van der Waals surface area contributed by atoms with E-state index in [1.54, 1.807) is 12.4 Å². The molecule has 1 aromatic carbocycles. The Morgan fingerprint density at radius 2 is 2.10 bits per heavy atom. The van der Waals surface area contributed by atoms with Crippen LogP contribution in [0.1, 0.15) is 17.0 Å². The predicted molar refractivity (Wildman–Crippen MR) is 81.2 cm³/mol. The van der Waals surface area contributed by atoms with Crippen LogP contribution in [0.15, 0.2) is 36.7 Å². The molecule has 1 heterocycles. The standard InChI is InChI=1S/C16H21N3O2/c1-12-4-3-5-16(6-12)21-11-15(20)10-17-8-14-9-18-13(2)7-19-14/h3-7,9,15,17,20H,8,10-11H2,1-2H3. The van der Waals surface area contributed by atoms with E-state index in [2.05, 4.69) is 15.3 Å². The van der Waals surface area contributed by atoms with Crippen molar-refractivity contribution in [2.24, 2.45) is 0 Å². The van der Waals surface area contributed by atoms with Crippen LogP contribution in [-0.2, 0) is 6.54 Å². The summed E-state index contributed by atoms with van der Waals surface area (Å²) in [6.45, 7) is 5.19. The van der Waals surface area contributed by atoms with Crippen molar-refractivity contribution in [2.75, 3.05) is 13.2 Å². The van der Waals surface area contributed by atoms with E-state index in [9.17, 15) is 5.11 Å².